The summed E-state index contributed by atoms with van der Waals surface area (Å²) >= 11 is 1.66. The molecule has 18 heteroatoms. The van der Waals surface area contributed by atoms with E-state index in [2.05, 4.69) is 5.32 Å². The van der Waals surface area contributed by atoms with Crippen molar-refractivity contribution in [3.05, 3.63) is 92.4 Å². The number of thioether (sulfide) groups is 1. The molecule has 3 N–H and O–H groups in total. The van der Waals surface area contributed by atoms with Crippen molar-refractivity contribution in [1.29, 1.82) is 0 Å². The SMILES string of the molecule is COc1ccc([C@H]2c3sc(=O)n(CC(=O)Nc4ccc(S(N)(=O)=O)cc4)c3SC3C(=O)N(c4cccc(C(F)(F)F)c4)C(=O)C32)cc1OC. The molecule has 6 rings (SSSR count). The number of hydrogen-bond donors (Lipinski definition) is 2. The maximum Gasteiger partial charge on any atom is 0.416 e. The molecule has 12 nitrogen and oxygen atoms in total. The van der Waals surface area contributed by atoms with E-state index in [1.165, 1.54) is 44.6 Å². The van der Waals surface area contributed by atoms with E-state index in [0.29, 0.717) is 21.9 Å². The average Bonchev–Trinajstić information content (AvgIpc) is 3.49. The van der Waals surface area contributed by atoms with E-state index in [1.807, 2.05) is 0 Å². The Morgan fingerprint density at radius 3 is 2.29 bits per heavy atom. The molecule has 1 aromatic heterocycles. The van der Waals surface area contributed by atoms with E-state index < -0.39 is 68.0 Å². The summed E-state index contributed by atoms with van der Waals surface area (Å²) in [5.74, 6) is -3.58. The lowest BCUT2D eigenvalue weighted by Gasteiger charge is -2.31. The van der Waals surface area contributed by atoms with Gasteiger partial charge in [-0.3, -0.25) is 23.7 Å². The van der Waals surface area contributed by atoms with Gasteiger partial charge < -0.3 is 14.8 Å². The first-order valence-corrected chi connectivity index (χ1v) is 17.5. The lowest BCUT2D eigenvalue weighted by molar-refractivity contribution is -0.137. The number of benzene rings is 3. The van der Waals surface area contributed by atoms with E-state index in [1.54, 1.807) is 18.2 Å². The molecule has 0 aliphatic carbocycles. The Bertz CT molecular complexity index is 2170. The predicted molar refractivity (Wildman–Crippen MR) is 173 cm³/mol. The van der Waals surface area contributed by atoms with Gasteiger partial charge >= 0.3 is 11.0 Å². The number of carbonyl (C=O) groups is 3. The highest BCUT2D eigenvalue weighted by Gasteiger charge is 2.57. The van der Waals surface area contributed by atoms with Crippen molar-refractivity contribution in [2.75, 3.05) is 24.4 Å². The van der Waals surface area contributed by atoms with E-state index in [0.717, 1.165) is 50.8 Å². The number of nitrogens with two attached hydrogens (primary N) is 1. The number of aromatic nitrogens is 1. The molecule has 0 spiro atoms. The Hall–Kier alpha value is -4.65. The van der Waals surface area contributed by atoms with Crippen LogP contribution in [0.15, 0.2) is 81.4 Å². The number of halogens is 3. The number of fused-ring (bicyclic) bond motifs is 2. The van der Waals surface area contributed by atoms with Crippen LogP contribution in [-0.4, -0.2) is 50.2 Å². The van der Waals surface area contributed by atoms with Gasteiger partial charge in [-0.15, -0.1) is 0 Å². The highest BCUT2D eigenvalue weighted by Crippen LogP contribution is 2.54. The molecule has 49 heavy (non-hydrogen) atoms. The van der Waals surface area contributed by atoms with E-state index in [-0.39, 0.29) is 21.3 Å². The fraction of sp³-hybridized carbons (Fsp3) is 0.226. The number of ether oxygens (including phenoxy) is 2. The molecule has 2 aliphatic rings. The number of amides is 3. The van der Waals surface area contributed by atoms with Crippen LogP contribution in [-0.2, 0) is 37.1 Å². The first-order valence-electron chi connectivity index (χ1n) is 14.2. The van der Waals surface area contributed by atoms with Gasteiger partial charge in [0.05, 0.1) is 41.3 Å². The van der Waals surface area contributed by atoms with Gasteiger partial charge in [0.15, 0.2) is 11.5 Å². The molecule has 1 fully saturated rings. The van der Waals surface area contributed by atoms with Crippen LogP contribution < -0.4 is 29.7 Å². The smallest absolute Gasteiger partial charge is 0.416 e. The summed E-state index contributed by atoms with van der Waals surface area (Å²) < 4.78 is 75.8. The number of hydrogen-bond acceptors (Lipinski definition) is 10. The van der Waals surface area contributed by atoms with Crippen molar-refractivity contribution in [1.82, 2.24) is 4.57 Å². The summed E-state index contributed by atoms with van der Waals surface area (Å²) in [5, 5.41) is 6.78. The Morgan fingerprint density at radius 1 is 0.959 bits per heavy atom. The van der Waals surface area contributed by atoms with Gasteiger partial charge in [-0.05, 0) is 60.2 Å². The Labute approximate surface area is 284 Å². The van der Waals surface area contributed by atoms with Crippen LogP contribution >= 0.6 is 23.1 Å². The average molecular weight is 735 g/mol. The highest BCUT2D eigenvalue weighted by molar-refractivity contribution is 8.00. The third-order valence-electron chi connectivity index (χ3n) is 8.02. The number of thiazole rings is 1. The normalized spacial score (nSPS) is 19.0. The molecule has 0 saturated carbocycles. The zero-order valence-corrected chi connectivity index (χ0v) is 27.8. The number of nitrogens with one attached hydrogen (secondary N) is 1. The van der Waals surface area contributed by atoms with E-state index >= 15 is 0 Å². The van der Waals surface area contributed by atoms with E-state index in [9.17, 15) is 40.8 Å². The van der Waals surface area contributed by atoms with Crippen molar-refractivity contribution in [3.63, 3.8) is 0 Å². The van der Waals surface area contributed by atoms with Gasteiger partial charge in [0.25, 0.3) is 0 Å². The first-order chi connectivity index (χ1) is 23.1. The van der Waals surface area contributed by atoms with Gasteiger partial charge in [-0.2, -0.15) is 13.2 Å². The molecule has 2 unspecified atom stereocenters. The standard InChI is InChI=1S/C31H25F3N4O8S3/c1-45-20-11-6-15(12-21(20)46-2)23-24-25(28(41)38(27(24)40)18-5-3-4-16(13-18)31(32,33)34)47-29-26(23)48-30(42)37(29)14-22(39)36-17-7-9-19(10-8-17)49(35,43)44/h3-13,23-25H,14H2,1-2H3,(H,36,39)(H2,35,43,44)/t23-,24?,25?/m1/s1. The lowest BCUT2D eigenvalue weighted by atomic mass is 9.83. The second-order valence-electron chi connectivity index (χ2n) is 11.0. The minimum absolute atomic E-state index is 0.171. The largest absolute Gasteiger partial charge is 0.493 e. The molecule has 3 atom stereocenters. The Balaban J connectivity index is 1.41. The fourth-order valence-corrected chi connectivity index (χ4v) is 9.10. The topological polar surface area (TPSA) is 167 Å². The maximum atomic E-state index is 14.1. The second-order valence-corrected chi connectivity index (χ2v) is 14.6. The second kappa shape index (κ2) is 12.7. The van der Waals surface area contributed by atoms with Crippen LogP contribution in [0.4, 0.5) is 24.5 Å². The molecule has 0 radical (unpaired) electrons. The number of imide groups is 1. The minimum atomic E-state index is -4.73. The van der Waals surface area contributed by atoms with Crippen LogP contribution in [0, 0.1) is 5.92 Å². The molecule has 256 valence electrons. The molecule has 3 amide bonds. The number of carbonyl (C=O) groups excluding carboxylic acids is 3. The van der Waals surface area contributed by atoms with Crippen molar-refractivity contribution in [2.24, 2.45) is 11.1 Å². The van der Waals surface area contributed by atoms with Gasteiger partial charge in [-0.25, -0.2) is 18.5 Å². The van der Waals surface area contributed by atoms with Crippen LogP contribution in [0.2, 0.25) is 0 Å². The van der Waals surface area contributed by atoms with Gasteiger partial charge in [0.1, 0.15) is 11.8 Å². The van der Waals surface area contributed by atoms with Gasteiger partial charge in [-0.1, -0.05) is 35.2 Å². The summed E-state index contributed by atoms with van der Waals surface area (Å²) in [6.07, 6.45) is -4.73. The summed E-state index contributed by atoms with van der Waals surface area (Å²) in [7, 11) is -1.13. The molecular formula is C31H25F3N4O8S3. The monoisotopic (exact) mass is 734 g/mol. The van der Waals surface area contributed by atoms with Crippen LogP contribution in [0.1, 0.15) is 21.9 Å². The number of sulfonamides is 1. The maximum absolute atomic E-state index is 14.1. The zero-order valence-electron chi connectivity index (χ0n) is 25.4. The van der Waals surface area contributed by atoms with Gasteiger partial charge in [0.2, 0.25) is 27.7 Å². The van der Waals surface area contributed by atoms with Crippen molar-refractivity contribution in [2.45, 2.75) is 33.8 Å². The molecular weight excluding hydrogens is 710 g/mol. The van der Waals surface area contributed by atoms with Crippen LogP contribution in [0.5, 0.6) is 11.5 Å². The number of methoxy groups -OCH3 is 2. The molecule has 3 heterocycles. The van der Waals surface area contributed by atoms with Crippen molar-refractivity contribution < 1.29 is 45.4 Å². The third kappa shape index (κ3) is 6.31. The first kappa shape index (κ1) is 34.2. The Morgan fingerprint density at radius 2 is 1.65 bits per heavy atom. The number of rotatable bonds is 8. The lowest BCUT2D eigenvalue weighted by Crippen LogP contribution is -2.33. The van der Waals surface area contributed by atoms with Crippen LogP contribution in [0.25, 0.3) is 0 Å². The number of alkyl halides is 3. The number of anilines is 2. The molecule has 2 aliphatic heterocycles. The number of nitrogens with zero attached hydrogens (tertiary/aromatic N) is 2. The Kier molecular flexibility index (Phi) is 8.85. The summed E-state index contributed by atoms with van der Waals surface area (Å²) in [5.41, 5.74) is -0.602. The minimum Gasteiger partial charge on any atom is -0.493 e. The molecule has 1 saturated heterocycles. The quantitative estimate of drug-likeness (QED) is 0.254. The fourth-order valence-electron chi connectivity index (χ4n) is 5.81. The zero-order chi connectivity index (χ0) is 35.4. The summed E-state index contributed by atoms with van der Waals surface area (Å²) in [6.45, 7) is -0.510. The molecule has 4 aromatic rings. The number of primary sulfonamides is 1. The summed E-state index contributed by atoms with van der Waals surface area (Å²) in [6, 6.07) is 13.8. The summed E-state index contributed by atoms with van der Waals surface area (Å²) in [4.78, 5) is 55.0. The van der Waals surface area contributed by atoms with Crippen molar-refractivity contribution >= 4 is 62.2 Å². The van der Waals surface area contributed by atoms with Crippen molar-refractivity contribution in [3.8, 4) is 11.5 Å². The predicted octanol–water partition coefficient (Wildman–Crippen LogP) is 4.03. The van der Waals surface area contributed by atoms with Crippen LogP contribution in [0.3, 0.4) is 0 Å². The third-order valence-corrected chi connectivity index (χ3v) is 11.5. The van der Waals surface area contributed by atoms with E-state index in [4.69, 9.17) is 14.6 Å². The molecule has 3 aromatic carbocycles. The highest BCUT2D eigenvalue weighted by atomic mass is 32.2. The van der Waals surface area contributed by atoms with Gasteiger partial charge in [0, 0.05) is 16.5 Å². The molecule has 0 bridgehead atoms.